The highest BCUT2D eigenvalue weighted by Crippen LogP contribution is 2.35. The molecule has 2 heterocycles. The molecule has 1 atom stereocenters. The Morgan fingerprint density at radius 1 is 1.00 bits per heavy atom. The molecule has 5 rings (SSSR count). The monoisotopic (exact) mass is 364 g/mol. The zero-order chi connectivity index (χ0) is 18.2. The number of benzene rings is 2. The summed E-state index contributed by atoms with van der Waals surface area (Å²) in [4.78, 5) is 17.5. The largest absolute Gasteiger partial charge is 0.454 e. The Kier molecular flexibility index (Phi) is 4.24. The highest BCUT2D eigenvalue weighted by molar-refractivity contribution is 5.85. The minimum atomic E-state index is 0.0570. The Labute approximate surface area is 159 Å². The third kappa shape index (κ3) is 3.16. The van der Waals surface area contributed by atoms with Crippen LogP contribution in [0.25, 0.3) is 0 Å². The van der Waals surface area contributed by atoms with Crippen LogP contribution in [0.3, 0.4) is 0 Å². The van der Waals surface area contributed by atoms with E-state index in [1.807, 2.05) is 12.1 Å². The maximum absolute atomic E-state index is 13.0. The molecule has 0 spiro atoms. The summed E-state index contributed by atoms with van der Waals surface area (Å²) >= 11 is 0. The molecule has 0 N–H and O–H groups in total. The fraction of sp³-hybridized carbons (Fsp3) is 0.409. The van der Waals surface area contributed by atoms with Crippen LogP contribution in [0.4, 0.5) is 0 Å². The van der Waals surface area contributed by atoms with Crippen molar-refractivity contribution in [2.45, 2.75) is 25.3 Å². The Hall–Kier alpha value is -2.53. The van der Waals surface area contributed by atoms with Gasteiger partial charge in [-0.3, -0.25) is 9.69 Å². The summed E-state index contributed by atoms with van der Waals surface area (Å²) in [6, 6.07) is 14.5. The van der Waals surface area contributed by atoms with E-state index in [0.717, 1.165) is 57.1 Å². The number of carbonyl (C=O) groups excluding carboxylic acids is 1. The predicted octanol–water partition coefficient (Wildman–Crippen LogP) is 2.79. The van der Waals surface area contributed by atoms with E-state index < -0.39 is 0 Å². The van der Waals surface area contributed by atoms with Crippen molar-refractivity contribution in [1.29, 1.82) is 0 Å². The van der Waals surface area contributed by atoms with Crippen LogP contribution in [-0.2, 0) is 17.8 Å². The van der Waals surface area contributed by atoms with Crippen LogP contribution in [0.2, 0.25) is 0 Å². The van der Waals surface area contributed by atoms with Crippen LogP contribution < -0.4 is 9.47 Å². The van der Waals surface area contributed by atoms with E-state index in [2.05, 4.69) is 40.1 Å². The Morgan fingerprint density at radius 2 is 1.81 bits per heavy atom. The molecule has 1 saturated heterocycles. The number of hydrogen-bond acceptors (Lipinski definition) is 4. The van der Waals surface area contributed by atoms with Gasteiger partial charge in [0.15, 0.2) is 11.5 Å². The normalized spacial score (nSPS) is 21.3. The molecule has 140 valence electrons. The van der Waals surface area contributed by atoms with E-state index in [-0.39, 0.29) is 5.92 Å². The summed E-state index contributed by atoms with van der Waals surface area (Å²) in [5.41, 5.74) is 3.81. The SMILES string of the molecule is O=C([C@H]1CCc2ccccc21)N1CCN(Cc2ccc3c(c2)OCO3)CC1. The lowest BCUT2D eigenvalue weighted by Crippen LogP contribution is -2.49. The Balaban J connectivity index is 1.19. The molecule has 3 aliphatic rings. The predicted molar refractivity (Wildman–Crippen MR) is 102 cm³/mol. The molecule has 1 amide bonds. The first-order valence-corrected chi connectivity index (χ1v) is 9.75. The molecule has 2 aliphatic heterocycles. The van der Waals surface area contributed by atoms with Crippen molar-refractivity contribution < 1.29 is 14.3 Å². The molecule has 1 aliphatic carbocycles. The molecule has 5 heteroatoms. The molecule has 1 fully saturated rings. The summed E-state index contributed by atoms with van der Waals surface area (Å²) in [6.45, 7) is 4.63. The highest BCUT2D eigenvalue weighted by atomic mass is 16.7. The molecule has 27 heavy (non-hydrogen) atoms. The van der Waals surface area contributed by atoms with Gasteiger partial charge < -0.3 is 14.4 Å². The van der Waals surface area contributed by atoms with E-state index >= 15 is 0 Å². The van der Waals surface area contributed by atoms with Gasteiger partial charge in [-0.15, -0.1) is 0 Å². The third-order valence-electron chi connectivity index (χ3n) is 5.96. The lowest BCUT2D eigenvalue weighted by Gasteiger charge is -2.36. The number of carbonyl (C=O) groups is 1. The summed E-state index contributed by atoms with van der Waals surface area (Å²) in [5, 5.41) is 0. The number of piperazine rings is 1. The van der Waals surface area contributed by atoms with E-state index in [0.29, 0.717) is 12.7 Å². The van der Waals surface area contributed by atoms with Crippen LogP contribution in [0.1, 0.15) is 29.0 Å². The summed E-state index contributed by atoms with van der Waals surface area (Å²) in [7, 11) is 0. The van der Waals surface area contributed by atoms with Crippen molar-refractivity contribution in [2.24, 2.45) is 0 Å². The standard InChI is InChI=1S/C22H24N2O3/c25-22(19-7-6-17-3-1-2-4-18(17)19)24-11-9-23(10-12-24)14-16-5-8-20-21(13-16)27-15-26-20/h1-5,8,13,19H,6-7,9-12,14-15H2/t19-/m0/s1. The fourth-order valence-corrected chi connectivity index (χ4v) is 4.46. The Bertz CT molecular complexity index is 858. The molecule has 0 unspecified atom stereocenters. The average Bonchev–Trinajstić information content (AvgIpc) is 3.34. The number of hydrogen-bond donors (Lipinski definition) is 0. The molecular weight excluding hydrogens is 340 g/mol. The Morgan fingerprint density at radius 3 is 2.70 bits per heavy atom. The average molecular weight is 364 g/mol. The van der Waals surface area contributed by atoms with Crippen molar-refractivity contribution in [3.05, 3.63) is 59.2 Å². The highest BCUT2D eigenvalue weighted by Gasteiger charge is 2.32. The molecule has 2 aromatic carbocycles. The van der Waals surface area contributed by atoms with Gasteiger partial charge in [0.2, 0.25) is 12.7 Å². The van der Waals surface area contributed by atoms with Gasteiger partial charge in [-0.1, -0.05) is 30.3 Å². The second-order valence-electron chi connectivity index (χ2n) is 7.58. The van der Waals surface area contributed by atoms with Crippen LogP contribution in [0, 0.1) is 0 Å². The first-order chi connectivity index (χ1) is 13.3. The van der Waals surface area contributed by atoms with E-state index in [4.69, 9.17) is 9.47 Å². The number of ether oxygens (including phenoxy) is 2. The van der Waals surface area contributed by atoms with Crippen molar-refractivity contribution in [2.75, 3.05) is 33.0 Å². The summed E-state index contributed by atoms with van der Waals surface area (Å²) in [6.07, 6.45) is 1.98. The maximum Gasteiger partial charge on any atom is 0.231 e. The van der Waals surface area contributed by atoms with Gasteiger partial charge >= 0.3 is 0 Å². The molecule has 0 bridgehead atoms. The molecule has 0 radical (unpaired) electrons. The maximum atomic E-state index is 13.0. The van der Waals surface area contributed by atoms with Gasteiger partial charge in [0.1, 0.15) is 0 Å². The second kappa shape index (κ2) is 6.89. The van der Waals surface area contributed by atoms with Crippen molar-refractivity contribution in [1.82, 2.24) is 9.80 Å². The van der Waals surface area contributed by atoms with Crippen LogP contribution >= 0.6 is 0 Å². The minimum absolute atomic E-state index is 0.0570. The summed E-state index contributed by atoms with van der Waals surface area (Å²) < 4.78 is 10.8. The van der Waals surface area contributed by atoms with Crippen molar-refractivity contribution in [3.8, 4) is 11.5 Å². The topological polar surface area (TPSA) is 42.0 Å². The quantitative estimate of drug-likeness (QED) is 0.840. The lowest BCUT2D eigenvalue weighted by molar-refractivity contribution is -0.134. The molecule has 2 aromatic rings. The summed E-state index contributed by atoms with van der Waals surface area (Å²) in [5.74, 6) is 2.02. The van der Waals surface area contributed by atoms with Gasteiger partial charge in [0.05, 0.1) is 5.92 Å². The number of rotatable bonds is 3. The van der Waals surface area contributed by atoms with E-state index in [1.165, 1.54) is 16.7 Å². The number of nitrogens with zero attached hydrogens (tertiary/aromatic N) is 2. The molecular formula is C22H24N2O3. The number of amides is 1. The number of aryl methyl sites for hydroxylation is 1. The van der Waals surface area contributed by atoms with Gasteiger partial charge in [-0.25, -0.2) is 0 Å². The van der Waals surface area contributed by atoms with Crippen molar-refractivity contribution >= 4 is 5.91 Å². The van der Waals surface area contributed by atoms with Crippen LogP contribution in [0.15, 0.2) is 42.5 Å². The zero-order valence-electron chi connectivity index (χ0n) is 15.4. The van der Waals surface area contributed by atoms with E-state index in [9.17, 15) is 4.79 Å². The van der Waals surface area contributed by atoms with E-state index in [1.54, 1.807) is 0 Å². The fourth-order valence-electron chi connectivity index (χ4n) is 4.46. The smallest absolute Gasteiger partial charge is 0.231 e. The van der Waals surface area contributed by atoms with Crippen molar-refractivity contribution in [3.63, 3.8) is 0 Å². The minimum Gasteiger partial charge on any atom is -0.454 e. The van der Waals surface area contributed by atoms with Crippen LogP contribution in [0.5, 0.6) is 11.5 Å². The van der Waals surface area contributed by atoms with Crippen LogP contribution in [-0.4, -0.2) is 48.7 Å². The molecule has 5 nitrogen and oxygen atoms in total. The molecule has 0 aromatic heterocycles. The zero-order valence-corrected chi connectivity index (χ0v) is 15.4. The third-order valence-corrected chi connectivity index (χ3v) is 5.96. The van der Waals surface area contributed by atoms with Gasteiger partial charge in [-0.05, 0) is 41.7 Å². The first-order valence-electron chi connectivity index (χ1n) is 9.75. The van der Waals surface area contributed by atoms with Gasteiger partial charge in [0, 0.05) is 32.7 Å². The first kappa shape index (κ1) is 16.6. The number of fused-ring (bicyclic) bond motifs is 2. The van der Waals surface area contributed by atoms with Gasteiger partial charge in [-0.2, -0.15) is 0 Å². The molecule has 0 saturated carbocycles. The lowest BCUT2D eigenvalue weighted by atomic mass is 9.99. The second-order valence-corrected chi connectivity index (χ2v) is 7.58. The van der Waals surface area contributed by atoms with Gasteiger partial charge in [0.25, 0.3) is 0 Å².